The first-order chi connectivity index (χ1) is 8.65. The summed E-state index contributed by atoms with van der Waals surface area (Å²) in [5, 5.41) is 10.1. The third-order valence-corrected chi connectivity index (χ3v) is 3.93. The van der Waals surface area contributed by atoms with E-state index in [0.717, 1.165) is 5.56 Å². The van der Waals surface area contributed by atoms with Gasteiger partial charge in [-0.25, -0.2) is 0 Å². The molecule has 1 atom stereocenters. The molecule has 0 radical (unpaired) electrons. The van der Waals surface area contributed by atoms with E-state index >= 15 is 0 Å². The molecule has 0 bridgehead atoms. The zero-order valence-corrected chi connectivity index (χ0v) is 11.6. The number of aliphatic hydroxyl groups excluding tert-OH is 1. The van der Waals surface area contributed by atoms with Gasteiger partial charge in [-0.3, -0.25) is 0 Å². The molecule has 94 valence electrons. The summed E-state index contributed by atoms with van der Waals surface area (Å²) in [5.74, 6) is 0.687. The van der Waals surface area contributed by atoms with Crippen molar-refractivity contribution in [3.05, 3.63) is 65.2 Å². The molecule has 0 saturated carbocycles. The second-order valence-electron chi connectivity index (χ2n) is 4.55. The van der Waals surface area contributed by atoms with E-state index in [2.05, 4.69) is 38.1 Å². The summed E-state index contributed by atoms with van der Waals surface area (Å²) >= 11 is 1.69. The van der Waals surface area contributed by atoms with E-state index in [1.54, 1.807) is 11.8 Å². The van der Waals surface area contributed by atoms with Crippen molar-refractivity contribution in [1.29, 1.82) is 0 Å². The molecule has 1 nitrogen and oxygen atoms in total. The van der Waals surface area contributed by atoms with Gasteiger partial charge in [-0.15, -0.1) is 11.8 Å². The van der Waals surface area contributed by atoms with Crippen LogP contribution < -0.4 is 0 Å². The van der Waals surface area contributed by atoms with Crippen LogP contribution in [0.15, 0.2) is 53.4 Å². The minimum atomic E-state index is -0.406. The van der Waals surface area contributed by atoms with Gasteiger partial charge in [0, 0.05) is 10.6 Å². The van der Waals surface area contributed by atoms with E-state index in [0.29, 0.717) is 5.75 Å². The number of benzene rings is 2. The molecule has 1 N–H and O–H groups in total. The van der Waals surface area contributed by atoms with E-state index in [-0.39, 0.29) is 0 Å². The highest BCUT2D eigenvalue weighted by atomic mass is 32.2. The van der Waals surface area contributed by atoms with Crippen LogP contribution in [0.1, 0.15) is 22.8 Å². The van der Waals surface area contributed by atoms with Crippen LogP contribution in [0.25, 0.3) is 0 Å². The topological polar surface area (TPSA) is 20.2 Å². The molecule has 0 aliphatic carbocycles. The number of rotatable bonds is 4. The fourth-order valence-corrected chi connectivity index (χ4v) is 2.75. The maximum Gasteiger partial charge on any atom is 0.0883 e. The minimum Gasteiger partial charge on any atom is -0.388 e. The van der Waals surface area contributed by atoms with Crippen LogP contribution in [0, 0.1) is 13.8 Å². The Morgan fingerprint density at radius 1 is 1.00 bits per heavy atom. The molecule has 2 aromatic carbocycles. The number of aryl methyl sites for hydroxylation is 2. The molecule has 0 aliphatic rings. The van der Waals surface area contributed by atoms with Gasteiger partial charge in [-0.1, -0.05) is 47.5 Å². The Morgan fingerprint density at radius 2 is 1.72 bits per heavy atom. The second-order valence-corrected chi connectivity index (χ2v) is 5.65. The maximum atomic E-state index is 10.1. The second kappa shape index (κ2) is 6.07. The Balaban J connectivity index is 1.96. The summed E-state index contributed by atoms with van der Waals surface area (Å²) in [6, 6.07) is 16.4. The van der Waals surface area contributed by atoms with Crippen LogP contribution in [0.5, 0.6) is 0 Å². The zero-order chi connectivity index (χ0) is 13.0. The van der Waals surface area contributed by atoms with Crippen LogP contribution in [0.3, 0.4) is 0 Å². The molecule has 0 saturated heterocycles. The fraction of sp³-hybridized carbons (Fsp3) is 0.250. The van der Waals surface area contributed by atoms with Crippen LogP contribution >= 0.6 is 11.8 Å². The molecule has 0 heterocycles. The minimum absolute atomic E-state index is 0.406. The third kappa shape index (κ3) is 3.62. The van der Waals surface area contributed by atoms with Gasteiger partial charge in [0.15, 0.2) is 0 Å². The Labute approximate surface area is 113 Å². The molecule has 0 spiro atoms. The van der Waals surface area contributed by atoms with Crippen molar-refractivity contribution in [3.8, 4) is 0 Å². The molecule has 0 fully saturated rings. The first-order valence-corrected chi connectivity index (χ1v) is 7.08. The average molecular weight is 258 g/mol. The molecule has 2 aromatic rings. The van der Waals surface area contributed by atoms with Crippen molar-refractivity contribution >= 4 is 11.8 Å². The maximum absolute atomic E-state index is 10.1. The molecular formula is C16H18OS. The van der Waals surface area contributed by atoms with Gasteiger partial charge in [0.1, 0.15) is 0 Å². The lowest BCUT2D eigenvalue weighted by molar-refractivity contribution is 0.204. The highest BCUT2D eigenvalue weighted by Crippen LogP contribution is 2.25. The predicted molar refractivity (Wildman–Crippen MR) is 78.0 cm³/mol. The van der Waals surface area contributed by atoms with Crippen molar-refractivity contribution in [2.24, 2.45) is 0 Å². The Bertz CT molecular complexity index is 505. The van der Waals surface area contributed by atoms with Gasteiger partial charge in [0.2, 0.25) is 0 Å². The van der Waals surface area contributed by atoms with Crippen LogP contribution in [0.4, 0.5) is 0 Å². The quantitative estimate of drug-likeness (QED) is 0.832. The summed E-state index contributed by atoms with van der Waals surface area (Å²) < 4.78 is 0. The summed E-state index contributed by atoms with van der Waals surface area (Å²) in [5.41, 5.74) is 3.46. The molecule has 0 aromatic heterocycles. The standard InChI is InChI=1S/C16H18OS/c1-12-6-8-14(9-7-12)16(17)11-18-15-5-3-4-13(2)10-15/h3-10,16-17H,11H2,1-2H3. The summed E-state index contributed by atoms with van der Waals surface area (Å²) in [7, 11) is 0. The van der Waals surface area contributed by atoms with Gasteiger partial charge in [-0.05, 0) is 31.5 Å². The number of hydrogen-bond acceptors (Lipinski definition) is 2. The van der Waals surface area contributed by atoms with Crippen LogP contribution in [0.2, 0.25) is 0 Å². The SMILES string of the molecule is Cc1ccc(C(O)CSc2cccc(C)c2)cc1. The van der Waals surface area contributed by atoms with E-state index in [1.165, 1.54) is 16.0 Å². The number of thioether (sulfide) groups is 1. The summed E-state index contributed by atoms with van der Waals surface area (Å²) in [6.45, 7) is 4.14. The number of hydrogen-bond donors (Lipinski definition) is 1. The van der Waals surface area contributed by atoms with E-state index in [9.17, 15) is 5.11 Å². The largest absolute Gasteiger partial charge is 0.388 e. The normalized spacial score (nSPS) is 12.4. The zero-order valence-electron chi connectivity index (χ0n) is 10.8. The van der Waals surface area contributed by atoms with Crippen molar-refractivity contribution in [2.75, 3.05) is 5.75 Å². The lowest BCUT2D eigenvalue weighted by Gasteiger charge is -2.11. The van der Waals surface area contributed by atoms with Gasteiger partial charge < -0.3 is 5.11 Å². The van der Waals surface area contributed by atoms with Gasteiger partial charge in [-0.2, -0.15) is 0 Å². The predicted octanol–water partition coefficient (Wildman–Crippen LogP) is 4.13. The van der Waals surface area contributed by atoms with E-state index < -0.39 is 6.10 Å². The molecule has 1 unspecified atom stereocenters. The molecule has 2 heteroatoms. The molecule has 18 heavy (non-hydrogen) atoms. The van der Waals surface area contributed by atoms with Gasteiger partial charge in [0.05, 0.1) is 6.10 Å². The van der Waals surface area contributed by atoms with Crippen molar-refractivity contribution in [2.45, 2.75) is 24.8 Å². The Kier molecular flexibility index (Phi) is 4.45. The molecular weight excluding hydrogens is 240 g/mol. The average Bonchev–Trinajstić information content (AvgIpc) is 2.37. The lowest BCUT2D eigenvalue weighted by Crippen LogP contribution is -2.00. The first-order valence-electron chi connectivity index (χ1n) is 6.09. The van der Waals surface area contributed by atoms with E-state index in [1.807, 2.05) is 24.3 Å². The van der Waals surface area contributed by atoms with Crippen molar-refractivity contribution < 1.29 is 5.11 Å². The Hall–Kier alpha value is -1.25. The fourth-order valence-electron chi connectivity index (χ4n) is 1.77. The lowest BCUT2D eigenvalue weighted by atomic mass is 10.1. The van der Waals surface area contributed by atoms with Crippen LogP contribution in [-0.4, -0.2) is 10.9 Å². The monoisotopic (exact) mass is 258 g/mol. The Morgan fingerprint density at radius 3 is 2.39 bits per heavy atom. The first kappa shape index (κ1) is 13.2. The van der Waals surface area contributed by atoms with Crippen LogP contribution in [-0.2, 0) is 0 Å². The smallest absolute Gasteiger partial charge is 0.0883 e. The van der Waals surface area contributed by atoms with Crippen molar-refractivity contribution in [3.63, 3.8) is 0 Å². The molecule has 0 amide bonds. The van der Waals surface area contributed by atoms with E-state index in [4.69, 9.17) is 0 Å². The third-order valence-electron chi connectivity index (χ3n) is 2.86. The summed E-state index contributed by atoms with van der Waals surface area (Å²) in [4.78, 5) is 1.21. The van der Waals surface area contributed by atoms with Crippen molar-refractivity contribution in [1.82, 2.24) is 0 Å². The summed E-state index contributed by atoms with van der Waals surface area (Å²) in [6.07, 6.45) is -0.406. The molecule has 2 rings (SSSR count). The number of aliphatic hydroxyl groups is 1. The van der Waals surface area contributed by atoms with Gasteiger partial charge in [0.25, 0.3) is 0 Å². The highest BCUT2D eigenvalue weighted by Gasteiger charge is 2.07. The van der Waals surface area contributed by atoms with Gasteiger partial charge >= 0.3 is 0 Å². The highest BCUT2D eigenvalue weighted by molar-refractivity contribution is 7.99. The molecule has 0 aliphatic heterocycles.